The van der Waals surface area contributed by atoms with E-state index in [-0.39, 0.29) is 42.4 Å². The zero-order valence-corrected chi connectivity index (χ0v) is 18.8. The molecule has 4 amide bonds. The number of urea groups is 1. The molecule has 1 aliphatic heterocycles. The van der Waals surface area contributed by atoms with Gasteiger partial charge in [-0.2, -0.15) is 13.2 Å². The van der Waals surface area contributed by atoms with E-state index in [1.165, 1.54) is 57.7 Å². The van der Waals surface area contributed by atoms with Gasteiger partial charge in [-0.3, -0.25) is 25.3 Å². The van der Waals surface area contributed by atoms with Crippen LogP contribution in [-0.2, 0) is 21.2 Å². The van der Waals surface area contributed by atoms with E-state index in [9.17, 15) is 40.4 Å². The molecule has 2 aromatic rings. The number of hydrogen-bond acceptors (Lipinski definition) is 5. The van der Waals surface area contributed by atoms with Crippen LogP contribution in [0, 0.1) is 5.82 Å². The molecule has 35 heavy (non-hydrogen) atoms. The number of rotatable bonds is 4. The van der Waals surface area contributed by atoms with Crippen LogP contribution in [0.5, 0.6) is 0 Å². The maximum atomic E-state index is 13.8. The topological polar surface area (TPSA) is 116 Å². The van der Waals surface area contributed by atoms with Crippen molar-refractivity contribution in [2.45, 2.75) is 12.7 Å². The number of carbonyl (C=O) groups is 3. The number of nitrogens with zero attached hydrogens (tertiary/aromatic N) is 2. The molecule has 2 N–H and O–H groups in total. The standard InChI is InChI=1S/C21H20F4N4O5S/c22-16-2-1-3-17(12-16)29(20(32)28-8-10-35(33,34)11-9-28)13-14-4-6-15(7-5-14)18(30)26-27-19(31)21(23,24)25/h1-7,12H,8-11,13H2,(H,26,30)(H,27,31). The molecule has 0 bridgehead atoms. The average molecular weight is 516 g/mol. The number of halogens is 4. The molecular formula is C21H20F4N4O5S. The summed E-state index contributed by atoms with van der Waals surface area (Å²) in [5, 5.41) is 0. The number of alkyl halides is 3. The summed E-state index contributed by atoms with van der Waals surface area (Å²) in [6, 6.07) is 10.1. The van der Waals surface area contributed by atoms with Crippen LogP contribution in [0.25, 0.3) is 0 Å². The molecule has 1 fully saturated rings. The van der Waals surface area contributed by atoms with Gasteiger partial charge in [0, 0.05) is 24.3 Å². The number of carbonyl (C=O) groups excluding carboxylic acids is 3. The minimum atomic E-state index is -5.16. The van der Waals surface area contributed by atoms with Gasteiger partial charge in [0.2, 0.25) is 0 Å². The monoisotopic (exact) mass is 516 g/mol. The van der Waals surface area contributed by atoms with E-state index < -0.39 is 39.7 Å². The van der Waals surface area contributed by atoms with Gasteiger partial charge in [0.1, 0.15) is 5.82 Å². The Kier molecular flexibility index (Phi) is 7.63. The minimum absolute atomic E-state index is 0.0181. The van der Waals surface area contributed by atoms with Crippen molar-refractivity contribution in [1.82, 2.24) is 15.8 Å². The van der Waals surface area contributed by atoms with Gasteiger partial charge in [-0.25, -0.2) is 17.6 Å². The predicted molar refractivity (Wildman–Crippen MR) is 116 cm³/mol. The molecule has 0 unspecified atom stereocenters. The third-order valence-electron chi connectivity index (χ3n) is 5.07. The molecule has 188 valence electrons. The molecule has 3 rings (SSSR count). The van der Waals surface area contributed by atoms with E-state index in [0.29, 0.717) is 5.56 Å². The Labute approximate surface area is 197 Å². The van der Waals surface area contributed by atoms with Gasteiger partial charge >= 0.3 is 18.1 Å². The molecule has 2 aromatic carbocycles. The van der Waals surface area contributed by atoms with Crippen molar-refractivity contribution in [1.29, 1.82) is 0 Å². The van der Waals surface area contributed by atoms with Crippen molar-refractivity contribution in [3.05, 3.63) is 65.5 Å². The van der Waals surface area contributed by atoms with Gasteiger partial charge < -0.3 is 4.90 Å². The zero-order valence-electron chi connectivity index (χ0n) is 18.0. The summed E-state index contributed by atoms with van der Waals surface area (Å²) in [5.74, 6) is -4.30. The smallest absolute Gasteiger partial charge is 0.322 e. The molecule has 0 spiro atoms. The number of anilines is 1. The lowest BCUT2D eigenvalue weighted by atomic mass is 10.1. The zero-order chi connectivity index (χ0) is 25.8. The number of hydrazine groups is 1. The summed E-state index contributed by atoms with van der Waals surface area (Å²) in [5.41, 5.74) is 3.54. The molecule has 0 saturated carbocycles. The van der Waals surface area contributed by atoms with Crippen LogP contribution in [0.2, 0.25) is 0 Å². The van der Waals surface area contributed by atoms with Crippen LogP contribution >= 0.6 is 0 Å². The molecule has 0 radical (unpaired) electrons. The Morgan fingerprint density at radius 2 is 1.60 bits per heavy atom. The summed E-state index contributed by atoms with van der Waals surface area (Å²) < 4.78 is 73.9. The van der Waals surface area contributed by atoms with Crippen molar-refractivity contribution < 1.29 is 40.4 Å². The number of benzene rings is 2. The van der Waals surface area contributed by atoms with Crippen LogP contribution in [0.3, 0.4) is 0 Å². The summed E-state index contributed by atoms with van der Waals surface area (Å²) in [7, 11) is -3.24. The lowest BCUT2D eigenvalue weighted by Crippen LogP contribution is -2.49. The summed E-state index contributed by atoms with van der Waals surface area (Å²) in [6.45, 7) is -0.107. The molecule has 0 aromatic heterocycles. The van der Waals surface area contributed by atoms with Crippen LogP contribution in [0.15, 0.2) is 48.5 Å². The van der Waals surface area contributed by atoms with Gasteiger partial charge in [-0.05, 0) is 35.9 Å². The Morgan fingerprint density at radius 3 is 2.17 bits per heavy atom. The largest absolute Gasteiger partial charge is 0.472 e. The predicted octanol–water partition coefficient (Wildman–Crippen LogP) is 2.01. The maximum Gasteiger partial charge on any atom is 0.472 e. The van der Waals surface area contributed by atoms with Gasteiger partial charge in [0.05, 0.1) is 18.1 Å². The summed E-state index contributed by atoms with van der Waals surface area (Å²) >= 11 is 0. The lowest BCUT2D eigenvalue weighted by Gasteiger charge is -2.33. The van der Waals surface area contributed by atoms with E-state index in [1.54, 1.807) is 5.43 Å². The van der Waals surface area contributed by atoms with Crippen molar-refractivity contribution in [2.75, 3.05) is 29.5 Å². The van der Waals surface area contributed by atoms with Crippen LogP contribution in [0.4, 0.5) is 28.0 Å². The molecular weight excluding hydrogens is 496 g/mol. The molecule has 1 saturated heterocycles. The molecule has 0 aliphatic carbocycles. The second-order valence-electron chi connectivity index (χ2n) is 7.59. The van der Waals surface area contributed by atoms with E-state index in [4.69, 9.17) is 0 Å². The second kappa shape index (κ2) is 10.3. The average Bonchev–Trinajstić information content (AvgIpc) is 2.80. The van der Waals surface area contributed by atoms with Crippen LogP contribution < -0.4 is 15.8 Å². The lowest BCUT2D eigenvalue weighted by molar-refractivity contribution is -0.174. The van der Waals surface area contributed by atoms with Crippen molar-refractivity contribution in [3.8, 4) is 0 Å². The van der Waals surface area contributed by atoms with E-state index in [2.05, 4.69) is 0 Å². The normalized spacial score (nSPS) is 15.3. The first-order valence-electron chi connectivity index (χ1n) is 10.1. The van der Waals surface area contributed by atoms with Gasteiger partial charge in [-0.15, -0.1) is 0 Å². The van der Waals surface area contributed by atoms with Crippen molar-refractivity contribution in [3.63, 3.8) is 0 Å². The third kappa shape index (κ3) is 6.91. The van der Waals surface area contributed by atoms with Crippen molar-refractivity contribution in [2.24, 2.45) is 0 Å². The molecule has 14 heteroatoms. The maximum absolute atomic E-state index is 13.8. The van der Waals surface area contributed by atoms with Gasteiger partial charge in [0.15, 0.2) is 9.84 Å². The highest BCUT2D eigenvalue weighted by Crippen LogP contribution is 2.22. The van der Waals surface area contributed by atoms with E-state index >= 15 is 0 Å². The van der Waals surface area contributed by atoms with E-state index in [0.717, 1.165) is 6.07 Å². The highest BCUT2D eigenvalue weighted by molar-refractivity contribution is 7.91. The summed E-state index contributed by atoms with van der Waals surface area (Å²) in [6.07, 6.45) is -5.16. The Bertz CT molecular complexity index is 1200. The second-order valence-corrected chi connectivity index (χ2v) is 9.89. The number of nitrogens with one attached hydrogen (secondary N) is 2. The minimum Gasteiger partial charge on any atom is -0.322 e. The fourth-order valence-corrected chi connectivity index (χ4v) is 4.39. The highest BCUT2D eigenvalue weighted by Gasteiger charge is 2.39. The SMILES string of the molecule is O=C(NNC(=O)C(F)(F)F)c1ccc(CN(C(=O)N2CCS(=O)(=O)CC2)c2cccc(F)c2)cc1. The third-order valence-corrected chi connectivity index (χ3v) is 6.68. The summed E-state index contributed by atoms with van der Waals surface area (Å²) in [4.78, 5) is 38.6. The van der Waals surface area contributed by atoms with Crippen LogP contribution in [0.1, 0.15) is 15.9 Å². The Balaban J connectivity index is 1.74. The molecule has 1 heterocycles. The number of sulfone groups is 1. The number of hydrogen-bond donors (Lipinski definition) is 2. The van der Waals surface area contributed by atoms with Crippen LogP contribution in [-0.4, -0.2) is 61.9 Å². The quantitative estimate of drug-likeness (QED) is 0.477. The fraction of sp³-hybridized carbons (Fsp3) is 0.286. The number of amides is 4. The highest BCUT2D eigenvalue weighted by atomic mass is 32.2. The first-order valence-corrected chi connectivity index (χ1v) is 12.0. The Hall–Kier alpha value is -3.68. The molecule has 0 atom stereocenters. The first kappa shape index (κ1) is 25.9. The molecule has 1 aliphatic rings. The van der Waals surface area contributed by atoms with Gasteiger partial charge in [-0.1, -0.05) is 18.2 Å². The van der Waals surface area contributed by atoms with E-state index in [1.807, 2.05) is 0 Å². The fourth-order valence-electron chi connectivity index (χ4n) is 3.19. The molecule has 9 nitrogen and oxygen atoms in total. The van der Waals surface area contributed by atoms with Gasteiger partial charge in [0.25, 0.3) is 5.91 Å². The Morgan fingerprint density at radius 1 is 0.971 bits per heavy atom. The van der Waals surface area contributed by atoms with Crippen molar-refractivity contribution >= 4 is 33.4 Å². The first-order chi connectivity index (χ1) is 16.4.